The standard InChI is InChI=1S/C4H3N2O.K/c7-3-4-1-2-5-6-4;/h1-2H,(H,5,6);/q-1;+1. The second-order valence-electron chi connectivity index (χ2n) is 1.07. The molecule has 0 unspecified atom stereocenters. The summed E-state index contributed by atoms with van der Waals surface area (Å²) in [6.07, 6.45) is 3.14. The molecule has 0 radical (unpaired) electrons. The van der Waals surface area contributed by atoms with Gasteiger partial charge in [-0.05, 0) is 6.20 Å². The van der Waals surface area contributed by atoms with Gasteiger partial charge in [0.2, 0.25) is 0 Å². The molecule has 0 bridgehead atoms. The number of carbonyl (C=O) groups excluding carboxylic acids is 1. The van der Waals surface area contributed by atoms with E-state index < -0.39 is 0 Å². The van der Waals surface area contributed by atoms with Crippen LogP contribution in [0.5, 0.6) is 0 Å². The number of H-pyrrole nitrogens is 1. The van der Waals surface area contributed by atoms with Crippen molar-refractivity contribution in [3.8, 4) is 0 Å². The molecule has 0 saturated carbocycles. The zero-order valence-electron chi connectivity index (χ0n) is 4.51. The molecular formula is C4H3KN2O. The molecule has 3 nitrogen and oxygen atoms in total. The first-order chi connectivity index (χ1) is 3.43. The van der Waals surface area contributed by atoms with Crippen molar-refractivity contribution in [3.63, 3.8) is 0 Å². The van der Waals surface area contributed by atoms with Gasteiger partial charge in [-0.2, -0.15) is 6.07 Å². The van der Waals surface area contributed by atoms with Crippen LogP contribution < -0.4 is 51.4 Å². The van der Waals surface area contributed by atoms with Gasteiger partial charge in [-0.15, -0.1) is 0 Å². The summed E-state index contributed by atoms with van der Waals surface area (Å²) in [5.41, 5.74) is 0.389. The third-order valence-electron chi connectivity index (χ3n) is 0.611. The molecule has 0 atom stereocenters. The molecule has 4 heteroatoms. The van der Waals surface area contributed by atoms with Crippen LogP contribution in [0.1, 0.15) is 5.69 Å². The average molecular weight is 134 g/mol. The van der Waals surface area contributed by atoms with Crippen LogP contribution in [0.25, 0.3) is 0 Å². The van der Waals surface area contributed by atoms with Crippen molar-refractivity contribution in [1.29, 1.82) is 0 Å². The van der Waals surface area contributed by atoms with Crippen molar-refractivity contribution in [2.75, 3.05) is 0 Å². The molecular weight excluding hydrogens is 131 g/mol. The number of nitrogens with one attached hydrogen (secondary N) is 1. The Bertz CT molecular complexity index is 149. The minimum absolute atomic E-state index is 0. The number of aromatic nitrogens is 2. The van der Waals surface area contributed by atoms with E-state index >= 15 is 0 Å². The van der Waals surface area contributed by atoms with Gasteiger partial charge in [-0.1, -0.05) is 5.69 Å². The Morgan fingerprint density at radius 1 is 1.75 bits per heavy atom. The molecule has 8 heavy (non-hydrogen) atoms. The van der Waals surface area contributed by atoms with Crippen LogP contribution in [0.15, 0.2) is 12.3 Å². The summed E-state index contributed by atoms with van der Waals surface area (Å²) in [6.45, 7) is 0. The summed E-state index contributed by atoms with van der Waals surface area (Å²) in [7, 11) is 0. The molecule has 0 aliphatic carbocycles. The topological polar surface area (TPSA) is 45.8 Å². The van der Waals surface area contributed by atoms with Crippen molar-refractivity contribution in [2.24, 2.45) is 0 Å². The smallest absolute Gasteiger partial charge is 0.417 e. The van der Waals surface area contributed by atoms with Gasteiger partial charge in [0.15, 0.2) is 0 Å². The van der Waals surface area contributed by atoms with Gasteiger partial charge in [0, 0.05) is 6.29 Å². The molecule has 0 amide bonds. The summed E-state index contributed by atoms with van der Waals surface area (Å²) in [4.78, 5) is 9.67. The molecule has 1 aromatic heterocycles. The molecule has 0 fully saturated rings. The van der Waals surface area contributed by atoms with Crippen molar-refractivity contribution in [3.05, 3.63) is 18.0 Å². The van der Waals surface area contributed by atoms with Crippen LogP contribution in [0, 0.1) is 0 Å². The normalized spacial score (nSPS) is 7.50. The Balaban J connectivity index is 0.000000490. The van der Waals surface area contributed by atoms with Crippen molar-refractivity contribution < 1.29 is 56.2 Å². The van der Waals surface area contributed by atoms with Crippen LogP contribution in [0.4, 0.5) is 0 Å². The first-order valence-corrected chi connectivity index (χ1v) is 1.81. The maximum Gasteiger partial charge on any atom is 1.00 e. The third kappa shape index (κ3) is 2.19. The van der Waals surface area contributed by atoms with Gasteiger partial charge in [0.1, 0.15) is 0 Å². The quantitative estimate of drug-likeness (QED) is 0.326. The minimum atomic E-state index is 0. The molecule has 36 valence electrons. The van der Waals surface area contributed by atoms with Crippen LogP contribution >= 0.6 is 0 Å². The SMILES string of the molecule is O=[C-]c1ccn[nH]1.[K+]. The first kappa shape index (κ1) is 8.52. The summed E-state index contributed by atoms with van der Waals surface area (Å²) in [6, 6.07) is 1.55. The van der Waals surface area contributed by atoms with Crippen LogP contribution in [-0.2, 0) is 4.79 Å². The average Bonchev–Trinajstić information content (AvgIpc) is 2.14. The Kier molecular flexibility index (Phi) is 4.68. The Labute approximate surface area is 89.3 Å². The van der Waals surface area contributed by atoms with E-state index in [-0.39, 0.29) is 51.4 Å². The molecule has 0 aliphatic heterocycles. The molecule has 0 saturated heterocycles. The van der Waals surface area contributed by atoms with Crippen LogP contribution in [0.3, 0.4) is 0 Å². The number of aromatic amines is 1. The van der Waals surface area contributed by atoms with E-state index in [4.69, 9.17) is 0 Å². The molecule has 0 aliphatic rings. The van der Waals surface area contributed by atoms with Crippen molar-refractivity contribution >= 4 is 6.29 Å². The molecule has 1 rings (SSSR count). The second kappa shape index (κ2) is 4.40. The first-order valence-electron chi connectivity index (χ1n) is 1.81. The van der Waals surface area contributed by atoms with Crippen molar-refractivity contribution in [2.45, 2.75) is 0 Å². The molecule has 0 spiro atoms. The Morgan fingerprint density at radius 2 is 2.50 bits per heavy atom. The summed E-state index contributed by atoms with van der Waals surface area (Å²) in [5, 5.41) is 5.92. The van der Waals surface area contributed by atoms with E-state index in [1.807, 2.05) is 0 Å². The minimum Gasteiger partial charge on any atom is -0.417 e. The number of nitrogens with zero attached hydrogens (tertiary/aromatic N) is 1. The number of rotatable bonds is 1. The van der Waals surface area contributed by atoms with Gasteiger partial charge in [-0.25, -0.2) is 5.10 Å². The number of hydrogen-bond acceptors (Lipinski definition) is 2. The summed E-state index contributed by atoms with van der Waals surface area (Å²) < 4.78 is 0. The van der Waals surface area contributed by atoms with Gasteiger partial charge in [-0.3, -0.25) is 0 Å². The van der Waals surface area contributed by atoms with Crippen LogP contribution in [0.2, 0.25) is 0 Å². The van der Waals surface area contributed by atoms with E-state index in [0.29, 0.717) is 5.69 Å². The van der Waals surface area contributed by atoms with Crippen molar-refractivity contribution in [1.82, 2.24) is 10.2 Å². The molecule has 1 N–H and O–H groups in total. The van der Waals surface area contributed by atoms with E-state index in [0.717, 1.165) is 0 Å². The van der Waals surface area contributed by atoms with Gasteiger partial charge in [0.05, 0.1) is 0 Å². The monoisotopic (exact) mass is 134 g/mol. The van der Waals surface area contributed by atoms with E-state index in [2.05, 4.69) is 10.2 Å². The molecule has 1 heterocycles. The second-order valence-corrected chi connectivity index (χ2v) is 1.07. The van der Waals surface area contributed by atoms with Gasteiger partial charge in [0.25, 0.3) is 0 Å². The Morgan fingerprint density at radius 3 is 2.75 bits per heavy atom. The largest absolute Gasteiger partial charge is 1.00 e. The Hall–Kier alpha value is 0.516. The zero-order valence-corrected chi connectivity index (χ0v) is 7.63. The fraction of sp³-hybridized carbons (Fsp3) is 0. The van der Waals surface area contributed by atoms with E-state index in [9.17, 15) is 4.79 Å². The maximum atomic E-state index is 9.67. The predicted octanol–water partition coefficient (Wildman–Crippen LogP) is -3.13. The summed E-state index contributed by atoms with van der Waals surface area (Å²) in [5.74, 6) is 0. The maximum absolute atomic E-state index is 9.67. The van der Waals surface area contributed by atoms with Gasteiger partial charge >= 0.3 is 51.4 Å². The molecule has 0 aromatic carbocycles. The van der Waals surface area contributed by atoms with E-state index in [1.165, 1.54) is 6.20 Å². The fourth-order valence-electron chi connectivity index (χ4n) is 0.313. The predicted molar refractivity (Wildman–Crippen MR) is 23.4 cm³/mol. The third-order valence-corrected chi connectivity index (χ3v) is 0.611. The van der Waals surface area contributed by atoms with Gasteiger partial charge < -0.3 is 9.89 Å². The van der Waals surface area contributed by atoms with E-state index in [1.54, 1.807) is 12.4 Å². The summed E-state index contributed by atoms with van der Waals surface area (Å²) >= 11 is 0. The van der Waals surface area contributed by atoms with Crippen LogP contribution in [-0.4, -0.2) is 16.5 Å². The fourth-order valence-corrected chi connectivity index (χ4v) is 0.313. The zero-order chi connectivity index (χ0) is 5.11. The molecule has 1 aromatic rings. The number of hydrogen-bond donors (Lipinski definition) is 1.